The number of carboxylic acid groups (broad SMARTS) is 1. The first kappa shape index (κ1) is 28.2. The quantitative estimate of drug-likeness (QED) is 0.113. The number of nitrogens with zero attached hydrogens (tertiary/aromatic N) is 6. The molecule has 1 saturated carbocycles. The average Bonchev–Trinajstić information content (AvgIpc) is 3.74. The molecule has 3 N–H and O–H groups in total. The van der Waals surface area contributed by atoms with E-state index >= 15 is 0 Å². The number of carbonyl (C=O) groups excluding carboxylic acids is 3. The Bertz CT molecular complexity index is 1660. The maximum absolute atomic E-state index is 13.3. The Hall–Kier alpha value is -3.89. The van der Waals surface area contributed by atoms with Gasteiger partial charge in [-0.1, -0.05) is 16.9 Å². The maximum atomic E-state index is 13.3. The second-order valence-electron chi connectivity index (χ2n) is 9.85. The van der Waals surface area contributed by atoms with Crippen molar-refractivity contribution in [1.82, 2.24) is 24.0 Å². The average molecular weight is 627 g/mol. The minimum absolute atomic E-state index is 0.00229. The molecule has 218 valence electrons. The number of amides is 2. The number of carboxylic acids is 1. The van der Waals surface area contributed by atoms with E-state index in [1.54, 1.807) is 11.5 Å². The van der Waals surface area contributed by atoms with E-state index in [1.807, 2.05) is 46.6 Å². The van der Waals surface area contributed by atoms with E-state index < -0.39 is 29.2 Å². The number of pyridine rings is 1. The molecule has 6 rings (SSSR count). The van der Waals surface area contributed by atoms with Crippen LogP contribution < -0.4 is 20.7 Å². The monoisotopic (exact) mass is 626 g/mol. The van der Waals surface area contributed by atoms with E-state index in [0.29, 0.717) is 11.3 Å². The molecule has 16 heteroatoms. The van der Waals surface area contributed by atoms with E-state index in [4.69, 9.17) is 10.6 Å². The molecule has 0 bridgehead atoms. The van der Waals surface area contributed by atoms with Gasteiger partial charge in [0.15, 0.2) is 10.2 Å². The standard InChI is InChI=1S/C26H26N8O5S3/c1-32-10-11-33-16(32)7-4-8-17(33)40-12-9-14-13-41-24-19(23(36)34(24)20(14)25(37)38)28-22(35)18(21-29-26(27)42-31-21)30-39-15-5-2-3-6-15/h4,7-12,15,19,24H,2-3,5-6,13H2,1H3,(H3-,27,28,29,31,35,37,38)/b12-9+,30-18-/t19-,24+/m1/s1. The Kier molecular flexibility index (Phi) is 7.92. The normalized spacial score (nSPS) is 21.2. The molecule has 2 amide bonds. The van der Waals surface area contributed by atoms with Crippen LogP contribution in [0.2, 0.25) is 0 Å². The van der Waals surface area contributed by atoms with Crippen LogP contribution in [0.5, 0.6) is 0 Å². The highest BCUT2D eigenvalue weighted by Gasteiger charge is 2.53. The van der Waals surface area contributed by atoms with Gasteiger partial charge in [0.25, 0.3) is 17.5 Å². The molecule has 1 saturated heterocycles. The summed E-state index contributed by atoms with van der Waals surface area (Å²) in [5, 5.41) is 21.1. The number of β-lactam (4-membered cyclic amide) rings is 1. The summed E-state index contributed by atoms with van der Waals surface area (Å²) in [5.74, 6) is -2.43. The molecule has 5 heterocycles. The zero-order valence-corrected chi connectivity index (χ0v) is 24.8. The van der Waals surface area contributed by atoms with Gasteiger partial charge in [0.2, 0.25) is 11.5 Å². The smallest absolute Gasteiger partial charge is 0.286 e. The molecule has 1 aliphatic carbocycles. The molecule has 2 fully saturated rings. The predicted octanol–water partition coefficient (Wildman–Crippen LogP) is 0.571. The Morgan fingerprint density at radius 1 is 1.33 bits per heavy atom. The number of hydrogen-bond donors (Lipinski definition) is 2. The molecule has 2 aliphatic heterocycles. The Morgan fingerprint density at radius 3 is 2.88 bits per heavy atom. The molecule has 0 radical (unpaired) electrons. The number of aryl methyl sites for hydroxylation is 1. The maximum Gasteiger partial charge on any atom is 0.286 e. The van der Waals surface area contributed by atoms with Gasteiger partial charge in [0.1, 0.15) is 29.9 Å². The number of oxime groups is 1. The molecule has 2 atom stereocenters. The molecule has 3 aromatic heterocycles. The third kappa shape index (κ3) is 5.36. The van der Waals surface area contributed by atoms with Crippen molar-refractivity contribution in [3.05, 3.63) is 59.2 Å². The van der Waals surface area contributed by atoms with Crippen molar-refractivity contribution < 1.29 is 28.9 Å². The number of aromatic nitrogens is 4. The van der Waals surface area contributed by atoms with Crippen LogP contribution in [0.4, 0.5) is 5.13 Å². The van der Waals surface area contributed by atoms with Crippen molar-refractivity contribution in [2.24, 2.45) is 12.2 Å². The van der Waals surface area contributed by atoms with E-state index in [9.17, 15) is 19.5 Å². The van der Waals surface area contributed by atoms with Crippen LogP contribution in [-0.4, -0.2) is 65.4 Å². The predicted molar refractivity (Wildman–Crippen MR) is 155 cm³/mol. The first-order valence-electron chi connectivity index (χ1n) is 13.1. The summed E-state index contributed by atoms with van der Waals surface area (Å²) < 4.78 is 8.09. The third-order valence-electron chi connectivity index (χ3n) is 7.17. The third-order valence-corrected chi connectivity index (χ3v) is 9.86. The van der Waals surface area contributed by atoms with Gasteiger partial charge in [-0.05, 0) is 54.9 Å². The number of anilines is 1. The number of fused-ring (bicyclic) bond motifs is 2. The zero-order chi connectivity index (χ0) is 29.4. The van der Waals surface area contributed by atoms with Gasteiger partial charge in [-0.25, -0.2) is 4.57 Å². The summed E-state index contributed by atoms with van der Waals surface area (Å²) in [6.07, 6.45) is 9.15. The molecule has 3 aliphatic rings. The molecule has 0 unspecified atom stereocenters. The summed E-state index contributed by atoms with van der Waals surface area (Å²) in [7, 11) is 1.95. The zero-order valence-electron chi connectivity index (χ0n) is 22.3. The number of allylic oxidation sites excluding steroid dienone is 1. The molecule has 42 heavy (non-hydrogen) atoms. The number of imidazole rings is 1. The van der Waals surface area contributed by atoms with Crippen molar-refractivity contribution in [3.8, 4) is 0 Å². The Labute approximate surface area is 252 Å². The first-order chi connectivity index (χ1) is 20.3. The Balaban J connectivity index is 1.17. The molecular weight excluding hydrogens is 601 g/mol. The van der Waals surface area contributed by atoms with Crippen molar-refractivity contribution >= 4 is 69.3 Å². The molecule has 3 aromatic rings. The van der Waals surface area contributed by atoms with Crippen LogP contribution in [0, 0.1) is 0 Å². The number of rotatable bonds is 9. The summed E-state index contributed by atoms with van der Waals surface area (Å²) in [4.78, 5) is 49.4. The summed E-state index contributed by atoms with van der Waals surface area (Å²) in [5.41, 5.74) is 6.77. The fraction of sp³-hybridized carbons (Fsp3) is 0.346. The number of nitrogens with one attached hydrogen (secondary N) is 1. The van der Waals surface area contributed by atoms with Crippen LogP contribution in [0.25, 0.3) is 5.65 Å². The van der Waals surface area contributed by atoms with Gasteiger partial charge in [-0.15, -0.1) is 11.8 Å². The second kappa shape index (κ2) is 11.8. The largest absolute Gasteiger partial charge is 0.543 e. The minimum atomic E-state index is -1.46. The number of aliphatic carboxylic acids is 1. The lowest BCUT2D eigenvalue weighted by atomic mass is 10.0. The second-order valence-corrected chi connectivity index (χ2v) is 12.7. The topological polar surface area (TPSA) is 171 Å². The van der Waals surface area contributed by atoms with Crippen molar-refractivity contribution in [2.45, 2.75) is 48.2 Å². The highest BCUT2D eigenvalue weighted by Crippen LogP contribution is 2.40. The lowest BCUT2D eigenvalue weighted by Gasteiger charge is -2.50. The van der Waals surface area contributed by atoms with Gasteiger partial charge in [-0.3, -0.25) is 14.5 Å². The number of carbonyl (C=O) groups is 3. The van der Waals surface area contributed by atoms with Gasteiger partial charge in [0.05, 0.1) is 18.7 Å². The van der Waals surface area contributed by atoms with Crippen LogP contribution in [-0.2, 0) is 26.3 Å². The summed E-state index contributed by atoms with van der Waals surface area (Å²) in [6.45, 7) is 0. The van der Waals surface area contributed by atoms with Crippen LogP contribution in [0.1, 0.15) is 31.5 Å². The lowest BCUT2D eigenvalue weighted by molar-refractivity contribution is -0.644. The highest BCUT2D eigenvalue weighted by atomic mass is 32.2. The van der Waals surface area contributed by atoms with Crippen molar-refractivity contribution in [3.63, 3.8) is 0 Å². The van der Waals surface area contributed by atoms with Crippen LogP contribution in [0.15, 0.2) is 63.5 Å². The fourth-order valence-corrected chi connectivity index (χ4v) is 7.61. The van der Waals surface area contributed by atoms with E-state index in [-0.39, 0.29) is 28.5 Å². The first-order valence-corrected chi connectivity index (χ1v) is 15.8. The van der Waals surface area contributed by atoms with E-state index in [2.05, 4.69) is 19.8 Å². The highest BCUT2D eigenvalue weighted by molar-refractivity contribution is 8.02. The van der Waals surface area contributed by atoms with E-state index in [1.165, 1.54) is 23.5 Å². The molecule has 13 nitrogen and oxygen atoms in total. The van der Waals surface area contributed by atoms with Gasteiger partial charge in [0, 0.05) is 23.4 Å². The van der Waals surface area contributed by atoms with Gasteiger partial charge >= 0.3 is 0 Å². The van der Waals surface area contributed by atoms with E-state index in [0.717, 1.165) is 52.8 Å². The van der Waals surface area contributed by atoms with Gasteiger partial charge < -0.3 is 25.8 Å². The number of nitrogen functional groups attached to an aromatic ring is 1. The number of hydrogen-bond acceptors (Lipinski definition) is 12. The number of nitrogens with two attached hydrogens (primary N) is 1. The number of thioether (sulfide) groups is 2. The molecule has 0 spiro atoms. The fourth-order valence-electron chi connectivity index (χ4n) is 5.06. The molecular formula is C26H26N8O5S3. The lowest BCUT2D eigenvalue weighted by Crippen LogP contribution is -2.71. The van der Waals surface area contributed by atoms with Crippen LogP contribution in [0.3, 0.4) is 0 Å². The summed E-state index contributed by atoms with van der Waals surface area (Å²) in [6, 6.07) is 4.92. The van der Waals surface area contributed by atoms with Crippen molar-refractivity contribution in [2.75, 3.05) is 11.5 Å². The minimum Gasteiger partial charge on any atom is -0.543 e. The SMILES string of the molecule is C[n+]1ccn2c(S/C=C/C3=C(C(=O)[O-])N4C(=O)[C@@H](NC(=O)/C(=N\OC5CCCC5)c5nsc(N)n5)[C@@H]4SC3)cccc21. The van der Waals surface area contributed by atoms with Gasteiger partial charge in [-0.2, -0.15) is 13.8 Å². The molecule has 0 aromatic carbocycles. The Morgan fingerprint density at radius 2 is 2.14 bits per heavy atom. The summed E-state index contributed by atoms with van der Waals surface area (Å²) >= 11 is 3.68. The van der Waals surface area contributed by atoms with Crippen LogP contribution >= 0.6 is 35.1 Å². The van der Waals surface area contributed by atoms with Crippen molar-refractivity contribution in [1.29, 1.82) is 0 Å².